The van der Waals surface area contributed by atoms with Crippen molar-refractivity contribution >= 4 is 34.9 Å². The first-order chi connectivity index (χ1) is 12.2. The van der Waals surface area contributed by atoms with Crippen molar-refractivity contribution in [3.63, 3.8) is 0 Å². The number of carbonyl (C=O) groups is 2. The first kappa shape index (κ1) is 19.8. The number of methoxy groups -OCH3 is 1. The highest BCUT2D eigenvalue weighted by molar-refractivity contribution is 6.33. The summed E-state index contributed by atoms with van der Waals surface area (Å²) in [5, 5.41) is 6.18. The van der Waals surface area contributed by atoms with Crippen LogP contribution in [0.3, 0.4) is 0 Å². The van der Waals surface area contributed by atoms with Gasteiger partial charge in [0.25, 0.3) is 0 Å². The molecule has 0 bridgehead atoms. The Morgan fingerprint density at radius 2 is 1.73 bits per heavy atom. The molecule has 26 heavy (non-hydrogen) atoms. The second-order valence-electron chi connectivity index (χ2n) is 6.92. The first-order valence-electron chi connectivity index (χ1n) is 8.23. The van der Waals surface area contributed by atoms with Crippen molar-refractivity contribution in [1.82, 2.24) is 0 Å². The fourth-order valence-corrected chi connectivity index (χ4v) is 2.52. The van der Waals surface area contributed by atoms with Gasteiger partial charge in [0, 0.05) is 5.69 Å². The SMILES string of the molecule is COC(=O)c1ccc(Cl)c(NCC(=O)Nc2ccc(C(C)(C)C)cc2)c1. The third-order valence-electron chi connectivity index (χ3n) is 3.86. The number of anilines is 2. The molecule has 0 aliphatic carbocycles. The summed E-state index contributed by atoms with van der Waals surface area (Å²) < 4.78 is 4.68. The summed E-state index contributed by atoms with van der Waals surface area (Å²) in [7, 11) is 1.31. The van der Waals surface area contributed by atoms with Gasteiger partial charge in [0.05, 0.1) is 29.9 Å². The van der Waals surface area contributed by atoms with Gasteiger partial charge in [0.1, 0.15) is 0 Å². The molecule has 0 unspecified atom stereocenters. The Morgan fingerprint density at radius 3 is 2.31 bits per heavy atom. The van der Waals surface area contributed by atoms with Crippen LogP contribution in [0.2, 0.25) is 5.02 Å². The van der Waals surface area contributed by atoms with Gasteiger partial charge >= 0.3 is 5.97 Å². The third kappa shape index (κ3) is 5.23. The molecule has 138 valence electrons. The maximum atomic E-state index is 12.1. The van der Waals surface area contributed by atoms with Gasteiger partial charge in [0.2, 0.25) is 5.91 Å². The number of carbonyl (C=O) groups excluding carboxylic acids is 2. The highest BCUT2D eigenvalue weighted by Crippen LogP contribution is 2.24. The van der Waals surface area contributed by atoms with E-state index in [1.54, 1.807) is 18.2 Å². The highest BCUT2D eigenvalue weighted by Gasteiger charge is 2.13. The number of benzene rings is 2. The molecule has 2 aromatic rings. The third-order valence-corrected chi connectivity index (χ3v) is 4.19. The molecule has 2 N–H and O–H groups in total. The van der Waals surface area contributed by atoms with Crippen molar-refractivity contribution in [1.29, 1.82) is 0 Å². The minimum absolute atomic E-state index is 0.0192. The summed E-state index contributed by atoms with van der Waals surface area (Å²) >= 11 is 6.10. The van der Waals surface area contributed by atoms with E-state index >= 15 is 0 Å². The summed E-state index contributed by atoms with van der Waals surface area (Å²) in [6.45, 7) is 6.43. The molecule has 2 aromatic carbocycles. The molecular weight excluding hydrogens is 352 g/mol. The van der Waals surface area contributed by atoms with Crippen LogP contribution in [0.25, 0.3) is 0 Å². The molecule has 0 aromatic heterocycles. The number of nitrogens with one attached hydrogen (secondary N) is 2. The van der Waals surface area contributed by atoms with Gasteiger partial charge in [-0.2, -0.15) is 0 Å². The first-order valence-corrected chi connectivity index (χ1v) is 8.60. The molecule has 0 saturated heterocycles. The molecule has 6 heteroatoms. The number of amides is 1. The van der Waals surface area contributed by atoms with Crippen LogP contribution >= 0.6 is 11.6 Å². The maximum absolute atomic E-state index is 12.1. The topological polar surface area (TPSA) is 67.4 Å². The second kappa shape index (κ2) is 8.23. The molecule has 0 aliphatic heterocycles. The van der Waals surface area contributed by atoms with Crippen molar-refractivity contribution in [3.8, 4) is 0 Å². The number of rotatable bonds is 5. The fourth-order valence-electron chi connectivity index (χ4n) is 2.34. The Kier molecular flexibility index (Phi) is 6.27. The zero-order valence-electron chi connectivity index (χ0n) is 15.4. The van der Waals surface area contributed by atoms with Crippen LogP contribution in [-0.2, 0) is 14.9 Å². The molecule has 0 atom stereocenters. The molecule has 0 saturated carbocycles. The van der Waals surface area contributed by atoms with Crippen LogP contribution in [-0.4, -0.2) is 25.5 Å². The standard InChI is InChI=1S/C20H23ClN2O3/c1-20(2,3)14-6-8-15(9-7-14)23-18(24)12-22-17-11-13(19(25)26-4)5-10-16(17)21/h5-11,22H,12H2,1-4H3,(H,23,24). The Balaban J connectivity index is 1.98. The number of hydrogen-bond acceptors (Lipinski definition) is 4. The summed E-state index contributed by atoms with van der Waals surface area (Å²) in [6, 6.07) is 12.5. The zero-order valence-corrected chi connectivity index (χ0v) is 16.1. The molecule has 0 spiro atoms. The largest absolute Gasteiger partial charge is 0.465 e. The average molecular weight is 375 g/mol. The number of hydrogen-bond donors (Lipinski definition) is 2. The predicted molar refractivity (Wildman–Crippen MR) is 105 cm³/mol. The Morgan fingerprint density at radius 1 is 1.08 bits per heavy atom. The summed E-state index contributed by atoms with van der Waals surface area (Å²) in [6.07, 6.45) is 0. The van der Waals surface area contributed by atoms with Crippen molar-refractivity contribution in [2.45, 2.75) is 26.2 Å². The van der Waals surface area contributed by atoms with Gasteiger partial charge in [-0.3, -0.25) is 4.79 Å². The molecule has 0 radical (unpaired) electrons. The molecule has 0 fully saturated rings. The smallest absolute Gasteiger partial charge is 0.337 e. The van der Waals surface area contributed by atoms with E-state index in [4.69, 9.17) is 11.6 Å². The van der Waals surface area contributed by atoms with Gasteiger partial charge in [0.15, 0.2) is 0 Å². The quantitative estimate of drug-likeness (QED) is 0.757. The summed E-state index contributed by atoms with van der Waals surface area (Å²) in [5.74, 6) is -0.679. The lowest BCUT2D eigenvalue weighted by Gasteiger charge is -2.19. The number of ether oxygens (including phenoxy) is 1. The number of esters is 1. The van der Waals surface area contributed by atoms with Gasteiger partial charge in [-0.25, -0.2) is 4.79 Å². The van der Waals surface area contributed by atoms with E-state index in [-0.39, 0.29) is 17.9 Å². The van der Waals surface area contributed by atoms with Crippen molar-refractivity contribution < 1.29 is 14.3 Å². The van der Waals surface area contributed by atoms with Crippen LogP contribution in [0.1, 0.15) is 36.7 Å². The lowest BCUT2D eigenvalue weighted by Crippen LogP contribution is -2.22. The molecule has 2 rings (SSSR count). The van der Waals surface area contributed by atoms with E-state index in [0.29, 0.717) is 16.3 Å². The minimum Gasteiger partial charge on any atom is -0.465 e. The maximum Gasteiger partial charge on any atom is 0.337 e. The average Bonchev–Trinajstić information content (AvgIpc) is 2.60. The van der Waals surface area contributed by atoms with Crippen LogP contribution < -0.4 is 10.6 Å². The van der Waals surface area contributed by atoms with Crippen LogP contribution in [0, 0.1) is 0 Å². The van der Waals surface area contributed by atoms with Crippen LogP contribution in [0.4, 0.5) is 11.4 Å². The van der Waals surface area contributed by atoms with E-state index in [1.165, 1.54) is 12.7 Å². The van der Waals surface area contributed by atoms with Crippen LogP contribution in [0.5, 0.6) is 0 Å². The normalized spacial score (nSPS) is 11.0. The predicted octanol–water partition coefficient (Wildman–Crippen LogP) is 4.47. The molecule has 5 nitrogen and oxygen atoms in total. The van der Waals surface area contributed by atoms with Gasteiger partial charge < -0.3 is 15.4 Å². The summed E-state index contributed by atoms with van der Waals surface area (Å²) in [4.78, 5) is 23.7. The second-order valence-corrected chi connectivity index (χ2v) is 7.32. The zero-order chi connectivity index (χ0) is 19.3. The van der Waals surface area contributed by atoms with E-state index in [0.717, 1.165) is 5.69 Å². The van der Waals surface area contributed by atoms with E-state index in [9.17, 15) is 9.59 Å². The number of halogens is 1. The monoisotopic (exact) mass is 374 g/mol. The summed E-state index contributed by atoms with van der Waals surface area (Å²) in [5.41, 5.74) is 2.83. The molecular formula is C20H23ClN2O3. The molecule has 0 heterocycles. The van der Waals surface area contributed by atoms with Crippen molar-refractivity contribution in [3.05, 3.63) is 58.6 Å². The van der Waals surface area contributed by atoms with Gasteiger partial charge in [-0.15, -0.1) is 0 Å². The lowest BCUT2D eigenvalue weighted by molar-refractivity contribution is -0.114. The van der Waals surface area contributed by atoms with Crippen molar-refractivity contribution in [2.24, 2.45) is 0 Å². The Labute approximate surface area is 158 Å². The van der Waals surface area contributed by atoms with Gasteiger partial charge in [-0.05, 0) is 41.3 Å². The fraction of sp³-hybridized carbons (Fsp3) is 0.300. The highest BCUT2D eigenvalue weighted by atomic mass is 35.5. The van der Waals surface area contributed by atoms with E-state index < -0.39 is 5.97 Å². The molecule has 0 aliphatic rings. The van der Waals surface area contributed by atoms with E-state index in [1.807, 2.05) is 24.3 Å². The van der Waals surface area contributed by atoms with E-state index in [2.05, 4.69) is 36.1 Å². The van der Waals surface area contributed by atoms with Crippen molar-refractivity contribution in [2.75, 3.05) is 24.3 Å². The Bertz CT molecular complexity index is 796. The minimum atomic E-state index is -0.465. The van der Waals surface area contributed by atoms with Gasteiger partial charge in [-0.1, -0.05) is 44.5 Å². The lowest BCUT2D eigenvalue weighted by atomic mass is 9.87. The Hall–Kier alpha value is -2.53. The molecule has 1 amide bonds. The van der Waals surface area contributed by atoms with Crippen LogP contribution in [0.15, 0.2) is 42.5 Å².